The van der Waals surface area contributed by atoms with Gasteiger partial charge in [-0.1, -0.05) is 0 Å². The van der Waals surface area contributed by atoms with E-state index in [-0.39, 0.29) is 45.4 Å². The van der Waals surface area contributed by atoms with Crippen molar-refractivity contribution in [1.29, 1.82) is 5.26 Å². The van der Waals surface area contributed by atoms with Crippen LogP contribution in [-0.2, 0) is 28.7 Å². The summed E-state index contributed by atoms with van der Waals surface area (Å²) in [6.45, 7) is 2.30. The molecule has 0 aromatic heterocycles. The van der Waals surface area contributed by atoms with Crippen LogP contribution >= 0.6 is 0 Å². The minimum absolute atomic E-state index is 0.0332. The van der Waals surface area contributed by atoms with Crippen molar-refractivity contribution in [1.82, 2.24) is 0 Å². The van der Waals surface area contributed by atoms with Crippen LogP contribution in [0.5, 0.6) is 23.0 Å². The maximum absolute atomic E-state index is 13.4. The lowest BCUT2D eigenvalue weighted by atomic mass is 10.1. The zero-order valence-corrected chi connectivity index (χ0v) is 24.7. The number of methoxy groups -OCH3 is 2. The molecule has 0 fully saturated rings. The molecule has 0 saturated carbocycles. The van der Waals surface area contributed by atoms with Crippen LogP contribution in [0.1, 0.15) is 40.1 Å². The van der Waals surface area contributed by atoms with E-state index >= 15 is 0 Å². The van der Waals surface area contributed by atoms with Gasteiger partial charge in [-0.15, -0.1) is 0 Å². The summed E-state index contributed by atoms with van der Waals surface area (Å²) in [7, 11) is 2.47. The summed E-state index contributed by atoms with van der Waals surface area (Å²) >= 11 is 0. The number of ether oxygens (including phenoxy) is 6. The van der Waals surface area contributed by atoms with Gasteiger partial charge in [-0.25, -0.2) is 14.4 Å². The number of nitrogens with zero attached hydrogens (tertiary/aromatic N) is 1. The van der Waals surface area contributed by atoms with Crippen molar-refractivity contribution in [2.45, 2.75) is 26.1 Å². The first kappa shape index (κ1) is 34.1. The first-order valence-electron chi connectivity index (χ1n) is 13.1. The number of anilines is 1. The van der Waals surface area contributed by atoms with Gasteiger partial charge < -0.3 is 38.8 Å². The molecule has 2 atom stereocenters. The number of carboxylic acids is 1. The Labute approximate surface area is 261 Å². The van der Waals surface area contributed by atoms with Crippen molar-refractivity contribution in [3.8, 4) is 29.1 Å². The van der Waals surface area contributed by atoms with Crippen LogP contribution < -0.4 is 24.3 Å². The first-order chi connectivity index (χ1) is 21.9. The van der Waals surface area contributed by atoms with E-state index in [4.69, 9.17) is 33.7 Å². The molecule has 0 saturated heterocycles. The number of nitriles is 1. The molecule has 0 aliphatic carbocycles. The summed E-state index contributed by atoms with van der Waals surface area (Å²) in [6.07, 6.45) is -4.66. The van der Waals surface area contributed by atoms with Crippen LogP contribution in [0, 0.1) is 11.3 Å². The lowest BCUT2D eigenvalue weighted by Gasteiger charge is -2.24. The molecule has 1 amide bonds. The zero-order chi connectivity index (χ0) is 34.0. The zero-order valence-electron chi connectivity index (χ0n) is 24.7. The molecule has 0 aliphatic rings. The maximum atomic E-state index is 13.4. The third-order valence-corrected chi connectivity index (χ3v) is 5.83. The predicted molar refractivity (Wildman–Crippen MR) is 154 cm³/mol. The van der Waals surface area contributed by atoms with E-state index in [1.165, 1.54) is 50.6 Å². The second kappa shape index (κ2) is 15.3. The highest BCUT2D eigenvalue weighted by atomic mass is 16.6. The molecule has 238 valence electrons. The van der Waals surface area contributed by atoms with Crippen molar-refractivity contribution in [2.24, 2.45) is 0 Å². The fourth-order valence-corrected chi connectivity index (χ4v) is 3.77. The normalized spacial score (nSPS) is 11.5. The van der Waals surface area contributed by atoms with Crippen molar-refractivity contribution in [3.05, 3.63) is 77.4 Å². The Balaban J connectivity index is 1.97. The predicted octanol–water partition coefficient (Wildman–Crippen LogP) is 2.90. The summed E-state index contributed by atoms with van der Waals surface area (Å²) < 4.78 is 30.7. The lowest BCUT2D eigenvalue weighted by Crippen LogP contribution is -2.48. The van der Waals surface area contributed by atoms with Gasteiger partial charge in [0.2, 0.25) is 12.2 Å². The van der Waals surface area contributed by atoms with E-state index in [9.17, 15) is 33.9 Å². The Kier molecular flexibility index (Phi) is 11.4. The number of carbonyl (C=O) groups is 6. The highest BCUT2D eigenvalue weighted by Gasteiger charge is 2.41. The average molecular weight is 635 g/mol. The summed E-state index contributed by atoms with van der Waals surface area (Å²) in [4.78, 5) is 74.8. The van der Waals surface area contributed by atoms with Gasteiger partial charge >= 0.3 is 29.8 Å². The Morgan fingerprint density at radius 1 is 0.696 bits per heavy atom. The van der Waals surface area contributed by atoms with E-state index in [1.807, 2.05) is 6.07 Å². The van der Waals surface area contributed by atoms with Gasteiger partial charge in [0.05, 0.1) is 37.0 Å². The molecule has 0 bridgehead atoms. The summed E-state index contributed by atoms with van der Waals surface area (Å²) in [5, 5.41) is 21.4. The number of esters is 4. The number of hydrogen-bond acceptors (Lipinski definition) is 13. The molecule has 3 rings (SSSR count). The maximum Gasteiger partial charge on any atom is 0.349 e. The van der Waals surface area contributed by atoms with Crippen LogP contribution in [0.15, 0.2) is 60.7 Å². The molecule has 3 aromatic rings. The minimum atomic E-state index is -2.39. The van der Waals surface area contributed by atoms with E-state index in [0.717, 1.165) is 38.1 Å². The fraction of sp³-hybridized carbons (Fsp3) is 0.194. The number of hydrogen-bond donors (Lipinski definition) is 2. The highest BCUT2D eigenvalue weighted by molar-refractivity contribution is 6.01. The van der Waals surface area contributed by atoms with Crippen LogP contribution in [0.2, 0.25) is 0 Å². The smallest absolute Gasteiger partial charge is 0.349 e. The molecule has 2 N–H and O–H groups in total. The van der Waals surface area contributed by atoms with Crippen LogP contribution in [0.4, 0.5) is 5.69 Å². The fourth-order valence-electron chi connectivity index (χ4n) is 3.77. The third-order valence-electron chi connectivity index (χ3n) is 5.83. The largest absolute Gasteiger partial charge is 0.493 e. The second-order valence-electron chi connectivity index (χ2n) is 9.09. The van der Waals surface area contributed by atoms with E-state index in [1.54, 1.807) is 0 Å². The monoisotopic (exact) mass is 634 g/mol. The topological polar surface area (TPSA) is 214 Å². The Bertz CT molecular complexity index is 1710. The molecular weight excluding hydrogens is 608 g/mol. The Hall–Kier alpha value is -6.43. The van der Waals surface area contributed by atoms with Gasteiger partial charge in [0.25, 0.3) is 5.91 Å². The SMILES string of the molecule is COc1cc(C(=O)O[C@@H](C(=O)O)[C@@H](OC(=O)c2ccc(OC(C)=O)c(OC)c2)C(=O)Nc2ccc(C#N)cc2)ccc1OC(C)=O. The summed E-state index contributed by atoms with van der Waals surface area (Å²) in [6, 6.07) is 14.3. The summed E-state index contributed by atoms with van der Waals surface area (Å²) in [5.41, 5.74) is -0.147. The minimum Gasteiger partial charge on any atom is -0.493 e. The lowest BCUT2D eigenvalue weighted by molar-refractivity contribution is -0.157. The van der Waals surface area contributed by atoms with Crippen molar-refractivity contribution < 1.29 is 62.3 Å². The number of nitrogens with one attached hydrogen (secondary N) is 1. The molecule has 0 unspecified atom stereocenters. The van der Waals surface area contributed by atoms with Crippen LogP contribution in [0.3, 0.4) is 0 Å². The average Bonchev–Trinajstić information content (AvgIpc) is 3.02. The van der Waals surface area contributed by atoms with E-state index in [0.29, 0.717) is 0 Å². The van der Waals surface area contributed by atoms with Crippen molar-refractivity contribution >= 4 is 41.4 Å². The standard InChI is InChI=1S/C31H26N2O13/c1-16(34)43-22-11-7-19(13-24(22)41-3)30(39)45-26(28(36)33-21-9-5-18(15-32)6-10-21)27(29(37)38)46-31(40)20-8-12-23(44-17(2)35)25(14-20)42-4/h5-14,26-27H,1-4H3,(H,33,36)(H,37,38)/t26-,27-/m1/s1. The summed E-state index contributed by atoms with van der Waals surface area (Å²) in [5.74, 6) is -7.09. The van der Waals surface area contributed by atoms with Gasteiger partial charge in [-0.2, -0.15) is 5.26 Å². The van der Waals surface area contributed by atoms with Gasteiger partial charge in [0, 0.05) is 19.5 Å². The number of benzene rings is 3. The third kappa shape index (κ3) is 8.80. The van der Waals surface area contributed by atoms with E-state index < -0.39 is 48.0 Å². The van der Waals surface area contributed by atoms with Crippen molar-refractivity contribution in [3.63, 3.8) is 0 Å². The van der Waals surface area contributed by atoms with Crippen molar-refractivity contribution in [2.75, 3.05) is 19.5 Å². The number of carboxylic acid groups (broad SMARTS) is 1. The highest BCUT2D eigenvalue weighted by Crippen LogP contribution is 2.30. The number of carbonyl (C=O) groups excluding carboxylic acids is 5. The molecule has 0 heterocycles. The number of rotatable bonds is 12. The molecular formula is C31H26N2O13. The molecule has 15 nitrogen and oxygen atoms in total. The number of aliphatic carboxylic acids is 1. The molecule has 0 radical (unpaired) electrons. The van der Waals surface area contributed by atoms with Gasteiger partial charge in [-0.3, -0.25) is 14.4 Å². The van der Waals surface area contributed by atoms with Gasteiger partial charge in [0.1, 0.15) is 0 Å². The van der Waals surface area contributed by atoms with E-state index in [2.05, 4.69) is 5.32 Å². The quantitative estimate of drug-likeness (QED) is 0.217. The molecule has 3 aromatic carbocycles. The second-order valence-corrected chi connectivity index (χ2v) is 9.09. The molecule has 0 aliphatic heterocycles. The molecule has 0 spiro atoms. The van der Waals surface area contributed by atoms with Gasteiger partial charge in [-0.05, 0) is 60.7 Å². The molecule has 46 heavy (non-hydrogen) atoms. The first-order valence-corrected chi connectivity index (χ1v) is 13.1. The number of amides is 1. The van der Waals surface area contributed by atoms with Crippen LogP contribution in [0.25, 0.3) is 0 Å². The molecule has 15 heteroatoms. The Morgan fingerprint density at radius 2 is 1.15 bits per heavy atom. The Morgan fingerprint density at radius 3 is 1.54 bits per heavy atom. The van der Waals surface area contributed by atoms with Gasteiger partial charge in [0.15, 0.2) is 23.0 Å². The van der Waals surface area contributed by atoms with Crippen LogP contribution in [-0.4, -0.2) is 67.3 Å².